The highest BCUT2D eigenvalue weighted by Crippen LogP contribution is 2.42. The molecule has 0 aliphatic rings. The van der Waals surface area contributed by atoms with E-state index in [4.69, 9.17) is 0 Å². The standard InChI is InChI=1S/C33H24F8N4O3/c1-2-25(32(36,37)38)44-18-13-22(34)26(23(35)14-18)30(46)45-24(31(47)48)12-16-9-10-21(28-20(16)8-5-11-42-28)29-27(33(39,40)41)19-7-4-3-6-17(19)15-43-29/h3-11,13-15,24-25,44H,2,12H2,1H3,(H,45,46)(H,47,48)/t24-,25?/m0/s1. The Morgan fingerprint density at radius 1 is 0.896 bits per heavy atom. The van der Waals surface area contributed by atoms with Gasteiger partial charge in [-0.05, 0) is 35.6 Å². The number of aliphatic carboxylic acids is 1. The van der Waals surface area contributed by atoms with Gasteiger partial charge in [0.1, 0.15) is 29.3 Å². The quantitative estimate of drug-likeness (QED) is 0.137. The van der Waals surface area contributed by atoms with Crippen LogP contribution >= 0.6 is 0 Å². The molecule has 5 rings (SSSR count). The third kappa shape index (κ3) is 6.85. The van der Waals surface area contributed by atoms with E-state index in [0.29, 0.717) is 12.1 Å². The number of amides is 1. The predicted octanol–water partition coefficient (Wildman–Crippen LogP) is 7.93. The average molecular weight is 677 g/mol. The predicted molar refractivity (Wildman–Crippen MR) is 160 cm³/mol. The summed E-state index contributed by atoms with van der Waals surface area (Å²) >= 11 is 0. The number of alkyl halides is 6. The van der Waals surface area contributed by atoms with E-state index in [1.807, 2.05) is 10.6 Å². The fraction of sp³-hybridized carbons (Fsp3) is 0.212. The Morgan fingerprint density at radius 2 is 1.56 bits per heavy atom. The number of anilines is 1. The van der Waals surface area contributed by atoms with Gasteiger partial charge in [-0.25, -0.2) is 13.6 Å². The zero-order valence-electron chi connectivity index (χ0n) is 24.7. The molecule has 0 radical (unpaired) electrons. The van der Waals surface area contributed by atoms with Crippen molar-refractivity contribution >= 4 is 39.2 Å². The summed E-state index contributed by atoms with van der Waals surface area (Å²) in [5.41, 5.74) is -2.97. The Labute approximate surface area is 266 Å². The number of hydrogen-bond acceptors (Lipinski definition) is 5. The van der Waals surface area contributed by atoms with Gasteiger partial charge >= 0.3 is 18.3 Å². The molecule has 1 unspecified atom stereocenters. The molecule has 0 bridgehead atoms. The smallest absolute Gasteiger partial charge is 0.419 e. The molecule has 1 amide bonds. The van der Waals surface area contributed by atoms with Crippen molar-refractivity contribution in [3.05, 3.63) is 101 Å². The molecule has 3 aromatic carbocycles. The zero-order valence-corrected chi connectivity index (χ0v) is 24.7. The van der Waals surface area contributed by atoms with Gasteiger partial charge in [-0.15, -0.1) is 0 Å². The van der Waals surface area contributed by atoms with Crippen molar-refractivity contribution in [3.8, 4) is 11.3 Å². The van der Waals surface area contributed by atoms with E-state index in [9.17, 15) is 49.8 Å². The minimum Gasteiger partial charge on any atom is -0.480 e. The number of halogens is 8. The third-order valence-corrected chi connectivity index (χ3v) is 7.64. The Kier molecular flexibility index (Phi) is 9.24. The normalized spacial score (nSPS) is 13.4. The van der Waals surface area contributed by atoms with Gasteiger partial charge < -0.3 is 15.7 Å². The van der Waals surface area contributed by atoms with E-state index in [2.05, 4.69) is 9.97 Å². The first kappa shape index (κ1) is 34.0. The minimum atomic E-state index is -4.81. The largest absolute Gasteiger partial charge is 0.480 e. The van der Waals surface area contributed by atoms with Crippen molar-refractivity contribution in [1.29, 1.82) is 0 Å². The second kappa shape index (κ2) is 13.0. The molecule has 3 N–H and O–H groups in total. The van der Waals surface area contributed by atoms with Crippen LogP contribution in [0.2, 0.25) is 0 Å². The molecule has 0 spiro atoms. The monoisotopic (exact) mass is 676 g/mol. The number of carbonyl (C=O) groups excluding carboxylic acids is 1. The van der Waals surface area contributed by atoms with Crippen molar-refractivity contribution in [2.75, 3.05) is 5.32 Å². The number of fused-ring (bicyclic) bond motifs is 2. The molecule has 2 atom stereocenters. The van der Waals surface area contributed by atoms with Gasteiger partial charge in [0.25, 0.3) is 5.91 Å². The van der Waals surface area contributed by atoms with E-state index < -0.39 is 83.3 Å². The van der Waals surface area contributed by atoms with Gasteiger partial charge in [-0.2, -0.15) is 26.3 Å². The molecular weight excluding hydrogens is 652 g/mol. The number of nitrogens with zero attached hydrogens (tertiary/aromatic N) is 2. The van der Waals surface area contributed by atoms with E-state index in [0.717, 1.165) is 0 Å². The highest BCUT2D eigenvalue weighted by molar-refractivity contribution is 6.00. The minimum absolute atomic E-state index is 0.00276. The van der Waals surface area contributed by atoms with Crippen LogP contribution in [0.15, 0.2) is 73.1 Å². The second-order valence-electron chi connectivity index (χ2n) is 10.8. The lowest BCUT2D eigenvalue weighted by Crippen LogP contribution is -2.43. The third-order valence-electron chi connectivity index (χ3n) is 7.64. The molecular formula is C33H24F8N4O3. The maximum atomic E-state index is 14.9. The first-order valence-electron chi connectivity index (χ1n) is 14.3. The lowest BCUT2D eigenvalue weighted by atomic mass is 9.94. The van der Waals surface area contributed by atoms with Crippen LogP contribution in [-0.2, 0) is 17.4 Å². The molecule has 0 aliphatic heterocycles. The van der Waals surface area contributed by atoms with Crippen LogP contribution in [0.25, 0.3) is 32.9 Å². The summed E-state index contributed by atoms with van der Waals surface area (Å²) in [7, 11) is 0. The molecule has 2 aromatic heterocycles. The first-order valence-corrected chi connectivity index (χ1v) is 14.3. The molecule has 0 fully saturated rings. The fourth-order valence-electron chi connectivity index (χ4n) is 5.40. The van der Waals surface area contributed by atoms with Crippen molar-refractivity contribution in [2.45, 2.75) is 44.2 Å². The van der Waals surface area contributed by atoms with Crippen molar-refractivity contribution in [3.63, 3.8) is 0 Å². The van der Waals surface area contributed by atoms with Gasteiger partial charge in [0.05, 0.1) is 16.8 Å². The van der Waals surface area contributed by atoms with Crippen molar-refractivity contribution in [1.82, 2.24) is 15.3 Å². The number of aromatic nitrogens is 2. The fourth-order valence-corrected chi connectivity index (χ4v) is 5.40. The zero-order chi connectivity index (χ0) is 35.0. The van der Waals surface area contributed by atoms with Gasteiger partial charge in [-0.1, -0.05) is 49.4 Å². The van der Waals surface area contributed by atoms with Crippen LogP contribution in [0.3, 0.4) is 0 Å². The van der Waals surface area contributed by atoms with Gasteiger partial charge in [0.2, 0.25) is 0 Å². The van der Waals surface area contributed by atoms with Crippen LogP contribution < -0.4 is 10.6 Å². The summed E-state index contributed by atoms with van der Waals surface area (Å²) in [6.45, 7) is 1.21. The number of carboxylic acids is 1. The van der Waals surface area contributed by atoms with Crippen LogP contribution in [0, 0.1) is 11.6 Å². The van der Waals surface area contributed by atoms with Gasteiger partial charge in [0, 0.05) is 40.8 Å². The first-order chi connectivity index (χ1) is 22.6. The molecule has 15 heteroatoms. The highest BCUT2D eigenvalue weighted by Gasteiger charge is 2.39. The molecule has 0 aliphatic carbocycles. The van der Waals surface area contributed by atoms with E-state index >= 15 is 0 Å². The number of hydrogen-bond donors (Lipinski definition) is 3. The van der Waals surface area contributed by atoms with Gasteiger partial charge in [-0.3, -0.25) is 14.8 Å². The lowest BCUT2D eigenvalue weighted by molar-refractivity contribution is -0.143. The number of benzene rings is 3. The summed E-state index contributed by atoms with van der Waals surface area (Å²) in [5, 5.41) is 14.2. The summed E-state index contributed by atoms with van der Waals surface area (Å²) in [5.74, 6) is -6.20. The highest BCUT2D eigenvalue weighted by atomic mass is 19.4. The SMILES string of the molecule is CCC(Nc1cc(F)c(C(=O)N[C@@H](Cc2ccc(-c3ncc4ccccc4c3C(F)(F)F)c3ncccc23)C(=O)O)c(F)c1)C(F)(F)F. The summed E-state index contributed by atoms with van der Waals surface area (Å²) in [6.07, 6.45) is -7.87. The molecule has 2 heterocycles. The summed E-state index contributed by atoms with van der Waals surface area (Å²) < 4.78 is 112. The van der Waals surface area contributed by atoms with Gasteiger partial charge in [0.15, 0.2) is 0 Å². The summed E-state index contributed by atoms with van der Waals surface area (Å²) in [4.78, 5) is 33.4. The van der Waals surface area contributed by atoms with Crippen LogP contribution in [0.4, 0.5) is 40.8 Å². The molecule has 7 nitrogen and oxygen atoms in total. The van der Waals surface area contributed by atoms with E-state index in [1.165, 1.54) is 61.8 Å². The molecule has 250 valence electrons. The number of carboxylic acid groups (broad SMARTS) is 1. The maximum absolute atomic E-state index is 14.9. The van der Waals surface area contributed by atoms with Crippen LogP contribution in [-0.4, -0.2) is 45.2 Å². The Morgan fingerprint density at radius 3 is 2.19 bits per heavy atom. The van der Waals surface area contributed by atoms with E-state index in [1.54, 1.807) is 6.07 Å². The maximum Gasteiger partial charge on any atom is 0.419 e. The summed E-state index contributed by atoms with van der Waals surface area (Å²) in [6, 6.07) is 8.43. The molecule has 48 heavy (non-hydrogen) atoms. The Bertz CT molecular complexity index is 2010. The number of rotatable bonds is 9. The lowest BCUT2D eigenvalue weighted by Gasteiger charge is -2.22. The number of pyridine rings is 2. The molecule has 0 saturated carbocycles. The topological polar surface area (TPSA) is 104 Å². The Balaban J connectivity index is 1.48. The van der Waals surface area contributed by atoms with Crippen molar-refractivity contribution < 1.29 is 49.8 Å². The molecule has 0 saturated heterocycles. The average Bonchev–Trinajstić information content (AvgIpc) is 3.01. The van der Waals surface area contributed by atoms with Crippen molar-refractivity contribution in [2.24, 2.45) is 0 Å². The van der Waals surface area contributed by atoms with E-state index in [-0.39, 0.29) is 32.8 Å². The van der Waals surface area contributed by atoms with Crippen LogP contribution in [0.1, 0.15) is 34.8 Å². The van der Waals surface area contributed by atoms with Crippen LogP contribution in [0.5, 0.6) is 0 Å². The Hall–Kier alpha value is -5.34. The molecule has 5 aromatic rings. The number of carbonyl (C=O) groups is 2. The number of nitrogens with one attached hydrogen (secondary N) is 2. The second-order valence-corrected chi connectivity index (χ2v) is 10.8.